The number of hydrogen-bond acceptors (Lipinski definition) is 32. The summed E-state index contributed by atoms with van der Waals surface area (Å²) < 4.78 is 71.6. The molecule has 9 fully saturated rings. The van der Waals surface area contributed by atoms with Crippen molar-refractivity contribution in [3.63, 3.8) is 0 Å². The van der Waals surface area contributed by atoms with Crippen molar-refractivity contribution in [2.45, 2.75) is 289 Å². The number of hydrogen-bond donors (Lipinski definition) is 20. The first-order valence-electron chi connectivity index (χ1n) is 33.3. The molecule has 95 heavy (non-hydrogen) atoms. The minimum atomic E-state index is -2.06. The highest BCUT2D eigenvalue weighted by atomic mass is 16.8. The van der Waals surface area contributed by atoms with Gasteiger partial charge in [0.1, 0.15) is 134 Å². The maximum absolute atomic E-state index is 12.0. The lowest BCUT2D eigenvalue weighted by molar-refractivity contribution is -0.400. The quantitative estimate of drug-likeness (QED) is 0.0448. The molecule has 0 unspecified atom stereocenters. The summed E-state index contributed by atoms with van der Waals surface area (Å²) in [6.07, 6.45) is -47.4. The Hall–Kier alpha value is -2.03. The molecule has 39 atom stereocenters. The van der Waals surface area contributed by atoms with Crippen molar-refractivity contribution < 1.29 is 164 Å². The molecule has 33 heteroatoms. The molecule has 20 N–H and O–H groups in total. The summed E-state index contributed by atoms with van der Waals surface area (Å²) in [5.74, 6) is -1.89. The second-order valence-corrected chi connectivity index (χ2v) is 28.9. The predicted molar refractivity (Wildman–Crippen MR) is 312 cm³/mol. The Labute approximate surface area is 548 Å². The van der Waals surface area contributed by atoms with Gasteiger partial charge in [-0.1, -0.05) is 46.3 Å². The number of fused-ring (bicyclic) bond motifs is 5. The van der Waals surface area contributed by atoms with E-state index in [0.717, 1.165) is 18.4 Å². The number of carbonyl (C=O) groups is 1. The fraction of sp³-hybridized carbons (Fsp3) is 0.952. The van der Waals surface area contributed by atoms with Crippen molar-refractivity contribution in [2.24, 2.45) is 46.3 Å². The monoisotopic (exact) mass is 1370 g/mol. The minimum Gasteiger partial charge on any atom is -0.479 e. The lowest BCUT2D eigenvalue weighted by Crippen LogP contribution is -2.68. The predicted octanol–water partition coefficient (Wildman–Crippen LogP) is -6.99. The third kappa shape index (κ3) is 14.7. The second kappa shape index (κ2) is 30.9. The van der Waals surface area contributed by atoms with Crippen LogP contribution in [0.5, 0.6) is 0 Å². The van der Waals surface area contributed by atoms with E-state index in [1.165, 1.54) is 0 Å². The van der Waals surface area contributed by atoms with E-state index in [0.29, 0.717) is 50.9 Å². The zero-order valence-corrected chi connectivity index (χ0v) is 53.7. The van der Waals surface area contributed by atoms with Gasteiger partial charge in [0.25, 0.3) is 0 Å². The van der Waals surface area contributed by atoms with Gasteiger partial charge in [0, 0.05) is 0 Å². The van der Waals surface area contributed by atoms with Gasteiger partial charge in [-0.3, -0.25) is 0 Å². The molecule has 10 rings (SSSR count). The van der Waals surface area contributed by atoms with Crippen molar-refractivity contribution in [3.05, 3.63) is 11.6 Å². The van der Waals surface area contributed by atoms with E-state index in [4.69, 9.17) is 56.8 Å². The van der Waals surface area contributed by atoms with Crippen LogP contribution >= 0.6 is 0 Å². The van der Waals surface area contributed by atoms with Gasteiger partial charge in [0.15, 0.2) is 43.8 Å². The minimum absolute atomic E-state index is 0.0201. The highest BCUT2D eigenvalue weighted by molar-refractivity contribution is 5.73. The van der Waals surface area contributed by atoms with Crippen LogP contribution in [0.2, 0.25) is 0 Å². The Morgan fingerprint density at radius 1 is 0.526 bits per heavy atom. The van der Waals surface area contributed by atoms with Crippen LogP contribution in [0.3, 0.4) is 0 Å². The third-order valence-corrected chi connectivity index (χ3v) is 22.7. The van der Waals surface area contributed by atoms with Crippen LogP contribution in [-0.4, -0.2) is 338 Å². The molecule has 6 aliphatic heterocycles. The average Bonchev–Trinajstić information content (AvgIpc) is 1.63. The molecular formula is C62H102O33. The molecule has 0 aromatic carbocycles. The SMILES string of the molecule is CC(C)CC[C@H](O)[C@@H](C)[C@H]1[C@@H](O[C@@H]2O[C@H](CO)[C@@H](O)[C@H](O[C@@H]3O[C@H](C(=O)O)[C@@H](O)[C@H](O)[C@H]3O)[C@H]2O)C[C@H]2[C@@H]3CC=C4C[C@@H](O[C@@H]5O[C@H](CO)[C@H](O[C@@H]6O[C@H](CO)[C@@H](O[C@@H]7OC[C@@H](O)[C@H](O)[C@H]7O)[C@H](O)[C@H]6O[C@@H]6O[C@H](CO)[C@@H](O)[C@H](O)[C@H]6O)[C@H](O)[C@H]5O)CC[C@]4(C)[C@H]3CC[C@]12C. The van der Waals surface area contributed by atoms with Gasteiger partial charge >= 0.3 is 5.97 Å². The van der Waals surface area contributed by atoms with E-state index in [-0.39, 0.29) is 35.0 Å². The number of carboxylic acid groups (broad SMARTS) is 1. The summed E-state index contributed by atoms with van der Waals surface area (Å²) in [6.45, 7) is 6.55. The maximum Gasteiger partial charge on any atom is 0.335 e. The molecule has 0 aromatic heterocycles. The number of ether oxygens (including phenoxy) is 12. The highest BCUT2D eigenvalue weighted by Crippen LogP contribution is 2.68. The molecule has 0 spiro atoms. The Kier molecular flexibility index (Phi) is 24.6. The number of carboxylic acids is 1. The number of aliphatic hydroxyl groups is 19. The molecule has 10 aliphatic rings. The van der Waals surface area contributed by atoms with Crippen molar-refractivity contribution in [2.75, 3.05) is 33.0 Å². The Morgan fingerprint density at radius 2 is 1.05 bits per heavy atom. The zero-order chi connectivity index (χ0) is 69.2. The van der Waals surface area contributed by atoms with E-state index in [9.17, 15) is 107 Å². The molecular weight excluding hydrogens is 1270 g/mol. The van der Waals surface area contributed by atoms with E-state index in [1.807, 2.05) is 6.92 Å². The first-order chi connectivity index (χ1) is 44.9. The molecule has 6 saturated heterocycles. The average molecular weight is 1380 g/mol. The Balaban J connectivity index is 0.836. The molecule has 3 saturated carbocycles. The van der Waals surface area contributed by atoms with Crippen LogP contribution in [-0.2, 0) is 61.6 Å². The summed E-state index contributed by atoms with van der Waals surface area (Å²) in [5.41, 5.74) is 0.280. The van der Waals surface area contributed by atoms with E-state index >= 15 is 0 Å². The van der Waals surface area contributed by atoms with Crippen molar-refractivity contribution in [3.8, 4) is 0 Å². The second-order valence-electron chi connectivity index (χ2n) is 28.9. The molecule has 6 heterocycles. The number of aliphatic hydroxyl groups excluding tert-OH is 19. The summed E-state index contributed by atoms with van der Waals surface area (Å²) >= 11 is 0. The standard InChI is InChI=1S/C62H102O33/c1-21(2)6-9-28(67)22(3)35-30(86-59-48(81)51(38(71)32(17-64)88-59)93-58-45(78)40(73)41(74)52(94-58)54(82)83)15-27-25-8-7-23-14-24(10-12-61(23,4)26(25)11-13-62(27,35)5)85-56-46(79)42(75)49(33(18-65)89-56)92-60-53(95-57-44(77)39(72)37(70)31(16-63)87-57)47(80)50(34(19-66)90-60)91-55-43(76)36(69)29(68)20-84-55/h7,21-22,24-53,55-60,63-81H,6,8-20H2,1-5H3,(H,82,83)/t22-,24+,25-,26+,27+,28+,29-,30+,31-,32-,33-,34-,35+,36+,37-,38-,39+,40+,41+,42-,43-,44-,45-,46-,47+,48-,49+,50-,51+,52+,53-,55+,56-,57+,58-,59-,60+,61+,62+/m1/s1. The van der Waals surface area contributed by atoms with Crippen LogP contribution in [0.25, 0.3) is 0 Å². The maximum atomic E-state index is 12.0. The van der Waals surface area contributed by atoms with Crippen LogP contribution in [0.1, 0.15) is 92.4 Å². The molecule has 33 nitrogen and oxygen atoms in total. The lowest BCUT2D eigenvalue weighted by atomic mass is 9.47. The molecule has 0 bridgehead atoms. The fourth-order valence-corrected chi connectivity index (χ4v) is 17.2. The van der Waals surface area contributed by atoms with Crippen LogP contribution in [0.15, 0.2) is 11.6 Å². The van der Waals surface area contributed by atoms with Crippen LogP contribution < -0.4 is 0 Å². The number of rotatable bonds is 22. The first-order valence-corrected chi connectivity index (χ1v) is 33.3. The molecule has 0 amide bonds. The number of allylic oxidation sites excluding steroid dienone is 1. The van der Waals surface area contributed by atoms with Gasteiger partial charge in [-0.2, -0.15) is 0 Å². The summed E-state index contributed by atoms with van der Waals surface area (Å²) in [5, 5.41) is 217. The van der Waals surface area contributed by atoms with E-state index in [1.54, 1.807) is 0 Å². The normalized spacial score (nSPS) is 51.8. The van der Waals surface area contributed by atoms with Gasteiger partial charge in [0.2, 0.25) is 0 Å². The van der Waals surface area contributed by atoms with Crippen LogP contribution in [0, 0.1) is 46.3 Å². The van der Waals surface area contributed by atoms with Crippen LogP contribution in [0.4, 0.5) is 0 Å². The Bertz CT molecular complexity index is 2520. The largest absolute Gasteiger partial charge is 0.479 e. The van der Waals surface area contributed by atoms with Gasteiger partial charge in [-0.05, 0) is 104 Å². The Morgan fingerprint density at radius 3 is 1.68 bits per heavy atom. The molecule has 0 aromatic rings. The topological polar surface area (TPSA) is 532 Å². The smallest absolute Gasteiger partial charge is 0.335 e. The lowest BCUT2D eigenvalue weighted by Gasteiger charge is -2.58. The van der Waals surface area contributed by atoms with E-state index < -0.39 is 241 Å². The van der Waals surface area contributed by atoms with Gasteiger partial charge in [-0.25, -0.2) is 4.79 Å². The van der Waals surface area contributed by atoms with E-state index in [2.05, 4.69) is 33.8 Å². The summed E-state index contributed by atoms with van der Waals surface area (Å²) in [4.78, 5) is 11.9. The fourth-order valence-electron chi connectivity index (χ4n) is 17.2. The van der Waals surface area contributed by atoms with Crippen molar-refractivity contribution >= 4 is 5.97 Å². The highest BCUT2D eigenvalue weighted by Gasteiger charge is 2.65. The summed E-state index contributed by atoms with van der Waals surface area (Å²) in [7, 11) is 0. The molecule has 548 valence electrons. The van der Waals surface area contributed by atoms with Gasteiger partial charge < -0.3 is 159 Å². The van der Waals surface area contributed by atoms with Gasteiger partial charge in [-0.15, -0.1) is 0 Å². The van der Waals surface area contributed by atoms with Crippen molar-refractivity contribution in [1.82, 2.24) is 0 Å². The first kappa shape index (κ1) is 75.6. The zero-order valence-electron chi connectivity index (χ0n) is 53.7. The summed E-state index contributed by atoms with van der Waals surface area (Å²) in [6, 6.07) is 0. The third-order valence-electron chi connectivity index (χ3n) is 22.7. The molecule has 4 aliphatic carbocycles. The molecule has 0 radical (unpaired) electrons. The number of aliphatic carboxylic acids is 1. The van der Waals surface area contributed by atoms with Gasteiger partial charge in [0.05, 0.1) is 51.3 Å². The van der Waals surface area contributed by atoms with Crippen molar-refractivity contribution in [1.29, 1.82) is 0 Å².